The van der Waals surface area contributed by atoms with Crippen LogP contribution in [-0.2, 0) is 0 Å². The Labute approximate surface area is 93.4 Å². The number of rotatable bonds is 4. The predicted octanol–water partition coefficient (Wildman–Crippen LogP) is 2.79. The van der Waals surface area contributed by atoms with Gasteiger partial charge in [0.15, 0.2) is 5.15 Å². The summed E-state index contributed by atoms with van der Waals surface area (Å²) in [6, 6.07) is 3.06. The van der Waals surface area contributed by atoms with Crippen LogP contribution in [0.1, 0.15) is 0 Å². The summed E-state index contributed by atoms with van der Waals surface area (Å²) in [5.41, 5.74) is -4.19. The van der Waals surface area contributed by atoms with Gasteiger partial charge in [-0.2, -0.15) is 13.2 Å². The van der Waals surface area contributed by atoms with Crippen LogP contribution in [0.25, 0.3) is 0 Å². The van der Waals surface area contributed by atoms with E-state index in [2.05, 4.69) is 15.5 Å². The van der Waals surface area contributed by atoms with Gasteiger partial charge in [0.2, 0.25) is 0 Å². The summed E-state index contributed by atoms with van der Waals surface area (Å²) in [5, 5.41) is 10.1. The van der Waals surface area contributed by atoms with Crippen LogP contribution in [0.4, 0.5) is 19.0 Å². The van der Waals surface area contributed by atoms with Gasteiger partial charge in [-0.1, -0.05) is 11.6 Å². The normalized spacial score (nSPS) is 11.5. The lowest BCUT2D eigenvalue weighted by Gasteiger charge is -2.06. The smallest absolute Gasteiger partial charge is 0.368 e. The van der Waals surface area contributed by atoms with Crippen LogP contribution >= 0.6 is 23.4 Å². The second kappa shape index (κ2) is 5.41. The molecule has 1 aromatic heterocycles. The molecule has 0 fully saturated rings. The van der Waals surface area contributed by atoms with Crippen LogP contribution in [0.15, 0.2) is 12.1 Å². The van der Waals surface area contributed by atoms with Gasteiger partial charge in [-0.15, -0.1) is 10.2 Å². The number of anilines is 1. The van der Waals surface area contributed by atoms with Crippen LogP contribution in [0.2, 0.25) is 5.15 Å². The Morgan fingerprint density at radius 1 is 1.33 bits per heavy atom. The summed E-state index contributed by atoms with van der Waals surface area (Å²) in [4.78, 5) is 0. The minimum Gasteiger partial charge on any atom is -0.368 e. The van der Waals surface area contributed by atoms with Crippen molar-refractivity contribution in [1.82, 2.24) is 10.2 Å². The van der Waals surface area contributed by atoms with Crippen molar-refractivity contribution in [3.05, 3.63) is 17.3 Å². The molecule has 3 nitrogen and oxygen atoms in total. The van der Waals surface area contributed by atoms with Crippen LogP contribution in [0, 0.1) is 0 Å². The molecular formula is C7H7ClF3N3S. The van der Waals surface area contributed by atoms with E-state index in [1.54, 1.807) is 6.07 Å². The molecule has 0 spiro atoms. The highest BCUT2D eigenvalue weighted by Gasteiger charge is 2.27. The summed E-state index contributed by atoms with van der Waals surface area (Å²) >= 11 is 5.40. The second-order valence-electron chi connectivity index (χ2n) is 2.46. The molecule has 1 rings (SSSR count). The van der Waals surface area contributed by atoms with E-state index >= 15 is 0 Å². The van der Waals surface area contributed by atoms with Gasteiger partial charge in [-0.3, -0.25) is 0 Å². The fraction of sp³-hybridized carbons (Fsp3) is 0.429. The molecule has 1 aromatic rings. The minimum absolute atomic E-state index is 0.0756. The van der Waals surface area contributed by atoms with E-state index in [9.17, 15) is 13.2 Å². The van der Waals surface area contributed by atoms with Gasteiger partial charge < -0.3 is 5.32 Å². The number of nitrogens with zero attached hydrogens (tertiary/aromatic N) is 2. The van der Waals surface area contributed by atoms with Crippen LogP contribution < -0.4 is 5.32 Å². The number of alkyl halides is 3. The van der Waals surface area contributed by atoms with Gasteiger partial charge >= 0.3 is 5.51 Å². The molecule has 0 aliphatic carbocycles. The van der Waals surface area contributed by atoms with E-state index in [1.807, 2.05) is 0 Å². The van der Waals surface area contributed by atoms with Crippen molar-refractivity contribution in [3.63, 3.8) is 0 Å². The Balaban J connectivity index is 2.23. The average molecular weight is 258 g/mol. The Hall–Kier alpha value is -0.690. The van der Waals surface area contributed by atoms with Crippen LogP contribution in [-0.4, -0.2) is 28.0 Å². The lowest BCUT2D eigenvalue weighted by atomic mass is 10.5. The number of hydrogen-bond donors (Lipinski definition) is 1. The maximum atomic E-state index is 11.7. The highest BCUT2D eigenvalue weighted by atomic mass is 35.5. The van der Waals surface area contributed by atoms with E-state index in [1.165, 1.54) is 6.07 Å². The van der Waals surface area contributed by atoms with Gasteiger partial charge in [-0.05, 0) is 23.9 Å². The van der Waals surface area contributed by atoms with E-state index in [-0.39, 0.29) is 29.2 Å². The van der Waals surface area contributed by atoms with E-state index in [0.717, 1.165) is 0 Å². The predicted molar refractivity (Wildman–Crippen MR) is 54.0 cm³/mol. The van der Waals surface area contributed by atoms with Crippen LogP contribution in [0.5, 0.6) is 0 Å². The largest absolute Gasteiger partial charge is 0.441 e. The first-order valence-corrected chi connectivity index (χ1v) is 5.27. The van der Waals surface area contributed by atoms with E-state index in [4.69, 9.17) is 11.6 Å². The molecule has 0 amide bonds. The van der Waals surface area contributed by atoms with Crippen molar-refractivity contribution in [2.45, 2.75) is 5.51 Å². The summed E-state index contributed by atoms with van der Waals surface area (Å²) in [5.74, 6) is 0.329. The molecule has 0 aliphatic heterocycles. The molecule has 0 aromatic carbocycles. The monoisotopic (exact) mass is 257 g/mol. The third-order valence-corrected chi connectivity index (χ3v) is 2.24. The number of hydrogen-bond acceptors (Lipinski definition) is 4. The number of halogens is 4. The number of thioether (sulfide) groups is 1. The fourth-order valence-electron chi connectivity index (χ4n) is 0.756. The summed E-state index contributed by atoms with van der Waals surface area (Å²) in [7, 11) is 0. The SMILES string of the molecule is FC(F)(F)SCCNc1ccc(Cl)nn1. The van der Waals surface area contributed by atoms with Gasteiger partial charge in [0, 0.05) is 12.3 Å². The highest BCUT2D eigenvalue weighted by Crippen LogP contribution is 2.29. The molecule has 0 atom stereocenters. The molecule has 1 heterocycles. The first-order chi connectivity index (χ1) is 6.97. The summed E-state index contributed by atoms with van der Waals surface area (Å²) in [6.45, 7) is 0.167. The van der Waals surface area contributed by atoms with Crippen molar-refractivity contribution in [2.24, 2.45) is 0 Å². The van der Waals surface area contributed by atoms with Crippen molar-refractivity contribution >= 4 is 29.2 Å². The Kier molecular flexibility index (Phi) is 4.46. The van der Waals surface area contributed by atoms with Gasteiger partial charge in [0.1, 0.15) is 5.82 Å². The molecular weight excluding hydrogens is 251 g/mol. The molecule has 0 saturated heterocycles. The fourth-order valence-corrected chi connectivity index (χ4v) is 1.29. The zero-order valence-corrected chi connectivity index (χ0v) is 8.96. The number of nitrogens with one attached hydrogen (secondary N) is 1. The van der Waals surface area contributed by atoms with Crippen molar-refractivity contribution in [1.29, 1.82) is 0 Å². The topological polar surface area (TPSA) is 37.8 Å². The maximum Gasteiger partial charge on any atom is 0.441 e. The van der Waals surface area contributed by atoms with Gasteiger partial charge in [0.05, 0.1) is 0 Å². The lowest BCUT2D eigenvalue weighted by Crippen LogP contribution is -2.10. The molecule has 1 N–H and O–H groups in total. The lowest BCUT2D eigenvalue weighted by molar-refractivity contribution is -0.0327. The van der Waals surface area contributed by atoms with Gasteiger partial charge in [0.25, 0.3) is 0 Å². The molecule has 0 unspecified atom stereocenters. The molecule has 0 bridgehead atoms. The van der Waals surface area contributed by atoms with E-state index < -0.39 is 5.51 Å². The molecule has 15 heavy (non-hydrogen) atoms. The standard InChI is InChI=1S/C7H7ClF3N3S/c8-5-1-2-6(14-13-5)12-3-4-15-7(9,10)11/h1-2H,3-4H2,(H,12,14). The second-order valence-corrected chi connectivity index (χ2v) is 4.01. The molecule has 0 saturated carbocycles. The Bertz CT molecular complexity index is 303. The third kappa shape index (κ3) is 5.68. The number of aromatic nitrogens is 2. The van der Waals surface area contributed by atoms with E-state index in [0.29, 0.717) is 5.82 Å². The van der Waals surface area contributed by atoms with Gasteiger partial charge in [-0.25, -0.2) is 0 Å². The maximum absolute atomic E-state index is 11.7. The first-order valence-electron chi connectivity index (χ1n) is 3.91. The van der Waals surface area contributed by atoms with Crippen molar-refractivity contribution in [3.8, 4) is 0 Å². The average Bonchev–Trinajstić information content (AvgIpc) is 2.14. The van der Waals surface area contributed by atoms with Crippen molar-refractivity contribution < 1.29 is 13.2 Å². The zero-order valence-electron chi connectivity index (χ0n) is 7.38. The molecule has 84 valence electrons. The first kappa shape index (κ1) is 12.4. The van der Waals surface area contributed by atoms with Crippen LogP contribution in [0.3, 0.4) is 0 Å². The third-order valence-electron chi connectivity index (χ3n) is 1.31. The summed E-state index contributed by atoms with van der Waals surface area (Å²) in [6.07, 6.45) is 0. The minimum atomic E-state index is -4.19. The Morgan fingerprint density at radius 2 is 2.07 bits per heavy atom. The quantitative estimate of drug-likeness (QED) is 0.842. The summed E-state index contributed by atoms with van der Waals surface area (Å²) < 4.78 is 35.2. The molecule has 0 radical (unpaired) electrons. The van der Waals surface area contributed by atoms with Crippen molar-refractivity contribution in [2.75, 3.05) is 17.6 Å². The molecule has 0 aliphatic rings. The molecule has 8 heteroatoms. The Morgan fingerprint density at radius 3 is 2.60 bits per heavy atom. The zero-order chi connectivity index (χ0) is 11.3. The highest BCUT2D eigenvalue weighted by molar-refractivity contribution is 8.00.